The van der Waals surface area contributed by atoms with Crippen LogP contribution >= 0.6 is 0 Å². The fraction of sp³-hybridized carbons (Fsp3) is 0.571. The monoisotopic (exact) mass is 192 g/mol. The normalized spacial score (nSPS) is 13.3. The van der Waals surface area contributed by atoms with Crippen LogP contribution in [0.5, 0.6) is 0 Å². The van der Waals surface area contributed by atoms with E-state index in [1.807, 2.05) is 0 Å². The zero-order chi connectivity index (χ0) is 10.8. The average molecular weight is 192 g/mol. The number of hydrogen-bond donors (Lipinski definition) is 0. The fourth-order valence-electron chi connectivity index (χ4n) is 1.05. The van der Waals surface area contributed by atoms with E-state index in [-0.39, 0.29) is 0 Å². The molecule has 0 amide bonds. The number of hydrogen-bond acceptors (Lipinski definition) is 0. The molecule has 0 N–H and O–H groups in total. The summed E-state index contributed by atoms with van der Waals surface area (Å²) < 4.78 is 0. The summed E-state index contributed by atoms with van der Waals surface area (Å²) in [5.41, 5.74) is 0. The van der Waals surface area contributed by atoms with Crippen molar-refractivity contribution in [3.05, 3.63) is 36.5 Å². The van der Waals surface area contributed by atoms with Crippen molar-refractivity contribution in [2.75, 3.05) is 0 Å². The van der Waals surface area contributed by atoms with Gasteiger partial charge in [0.2, 0.25) is 0 Å². The van der Waals surface area contributed by atoms with Gasteiger partial charge in [0, 0.05) is 0 Å². The zero-order valence-electron chi connectivity index (χ0n) is 10.0. The maximum Gasteiger partial charge on any atom is -0.0169 e. The molecule has 0 aliphatic rings. The van der Waals surface area contributed by atoms with Gasteiger partial charge in [0.05, 0.1) is 0 Å². The van der Waals surface area contributed by atoms with Gasteiger partial charge in [0.1, 0.15) is 0 Å². The van der Waals surface area contributed by atoms with Crippen molar-refractivity contribution >= 4 is 0 Å². The van der Waals surface area contributed by atoms with Crippen molar-refractivity contribution in [2.45, 2.75) is 40.5 Å². The molecule has 0 aromatic rings. The van der Waals surface area contributed by atoms with E-state index in [4.69, 9.17) is 0 Å². The summed E-state index contributed by atoms with van der Waals surface area (Å²) in [4.78, 5) is 0. The first-order valence-corrected chi connectivity index (χ1v) is 5.61. The SMILES string of the molecule is CC(C)/C=C/C/C=C/C/C=C/C(C)C. The van der Waals surface area contributed by atoms with Crippen LogP contribution < -0.4 is 0 Å². The molecule has 0 saturated heterocycles. The summed E-state index contributed by atoms with van der Waals surface area (Å²) in [5, 5.41) is 0. The van der Waals surface area contributed by atoms with Gasteiger partial charge >= 0.3 is 0 Å². The molecule has 0 aliphatic carbocycles. The molecular formula is C14H24. The largest absolute Gasteiger partial charge is 0.0857 e. The van der Waals surface area contributed by atoms with Gasteiger partial charge in [-0.3, -0.25) is 0 Å². The van der Waals surface area contributed by atoms with Crippen LogP contribution in [0.4, 0.5) is 0 Å². The number of allylic oxidation sites excluding steroid dienone is 6. The standard InChI is InChI=1S/C14H24/c1-13(2)11-9-7-5-6-8-10-12-14(3)4/h5-6,9-14H,7-8H2,1-4H3/b6-5+,11-9+,12-10+. The first-order chi connectivity index (χ1) is 6.63. The van der Waals surface area contributed by atoms with Crippen molar-refractivity contribution in [1.82, 2.24) is 0 Å². The molecule has 0 heterocycles. The molecule has 80 valence electrons. The molecule has 0 aromatic carbocycles. The Bertz CT molecular complexity index is 170. The molecule has 0 bridgehead atoms. The second-order valence-corrected chi connectivity index (χ2v) is 4.29. The zero-order valence-corrected chi connectivity index (χ0v) is 10.0. The highest BCUT2D eigenvalue weighted by molar-refractivity contribution is 4.98. The second kappa shape index (κ2) is 8.80. The van der Waals surface area contributed by atoms with Crippen LogP contribution in [0.15, 0.2) is 36.5 Å². The highest BCUT2D eigenvalue weighted by Crippen LogP contribution is 1.98. The van der Waals surface area contributed by atoms with Gasteiger partial charge in [-0.1, -0.05) is 64.2 Å². The minimum atomic E-state index is 0.671. The molecule has 14 heavy (non-hydrogen) atoms. The van der Waals surface area contributed by atoms with Gasteiger partial charge in [-0.15, -0.1) is 0 Å². The Morgan fingerprint density at radius 1 is 0.643 bits per heavy atom. The maximum absolute atomic E-state index is 2.24. The van der Waals surface area contributed by atoms with Crippen LogP contribution in [0.1, 0.15) is 40.5 Å². The molecular weight excluding hydrogens is 168 g/mol. The van der Waals surface area contributed by atoms with E-state index < -0.39 is 0 Å². The lowest BCUT2D eigenvalue weighted by Gasteiger charge is -1.91. The Balaban J connectivity index is 3.46. The summed E-state index contributed by atoms with van der Waals surface area (Å²) in [6.45, 7) is 8.80. The van der Waals surface area contributed by atoms with Gasteiger partial charge in [-0.25, -0.2) is 0 Å². The third-order valence-electron chi connectivity index (χ3n) is 1.75. The molecule has 0 aromatic heterocycles. The molecule has 0 spiro atoms. The van der Waals surface area contributed by atoms with E-state index in [0.29, 0.717) is 11.8 Å². The summed E-state index contributed by atoms with van der Waals surface area (Å²) in [7, 11) is 0. The quantitative estimate of drug-likeness (QED) is 0.533. The Morgan fingerprint density at radius 2 is 1.00 bits per heavy atom. The minimum absolute atomic E-state index is 0.671. The Hall–Kier alpha value is -0.780. The van der Waals surface area contributed by atoms with Crippen molar-refractivity contribution in [3.63, 3.8) is 0 Å². The lowest BCUT2D eigenvalue weighted by Crippen LogP contribution is -1.76. The third kappa shape index (κ3) is 11.2. The molecule has 0 rings (SSSR count). The van der Waals surface area contributed by atoms with Gasteiger partial charge in [-0.05, 0) is 24.7 Å². The first kappa shape index (κ1) is 13.2. The highest BCUT2D eigenvalue weighted by atomic mass is 13.9. The Labute approximate surface area is 89.4 Å². The average Bonchev–Trinajstić information content (AvgIpc) is 2.08. The van der Waals surface area contributed by atoms with Crippen LogP contribution in [0, 0.1) is 11.8 Å². The summed E-state index contributed by atoms with van der Waals surface area (Å²) in [6.07, 6.45) is 15.5. The molecule has 0 unspecified atom stereocenters. The summed E-state index contributed by atoms with van der Waals surface area (Å²) >= 11 is 0. The lowest BCUT2D eigenvalue weighted by atomic mass is 10.2. The maximum atomic E-state index is 2.24. The van der Waals surface area contributed by atoms with Crippen LogP contribution in [0.25, 0.3) is 0 Å². The minimum Gasteiger partial charge on any atom is -0.0857 e. The second-order valence-electron chi connectivity index (χ2n) is 4.29. The molecule has 0 radical (unpaired) electrons. The Kier molecular flexibility index (Phi) is 8.31. The van der Waals surface area contributed by atoms with E-state index in [9.17, 15) is 0 Å². The smallest absolute Gasteiger partial charge is 0.0169 e. The predicted octanol–water partition coefficient (Wildman–Crippen LogP) is 4.75. The first-order valence-electron chi connectivity index (χ1n) is 5.61. The van der Waals surface area contributed by atoms with E-state index in [2.05, 4.69) is 64.2 Å². The van der Waals surface area contributed by atoms with Crippen LogP contribution in [-0.4, -0.2) is 0 Å². The highest BCUT2D eigenvalue weighted by Gasteiger charge is 1.82. The molecule has 0 aliphatic heterocycles. The summed E-state index contributed by atoms with van der Waals surface area (Å²) in [6, 6.07) is 0. The third-order valence-corrected chi connectivity index (χ3v) is 1.75. The van der Waals surface area contributed by atoms with Crippen LogP contribution in [0.3, 0.4) is 0 Å². The van der Waals surface area contributed by atoms with E-state index in [1.54, 1.807) is 0 Å². The fourth-order valence-corrected chi connectivity index (χ4v) is 1.05. The molecule has 0 nitrogen and oxygen atoms in total. The van der Waals surface area contributed by atoms with Crippen molar-refractivity contribution in [1.29, 1.82) is 0 Å². The van der Waals surface area contributed by atoms with E-state index in [0.717, 1.165) is 12.8 Å². The van der Waals surface area contributed by atoms with E-state index >= 15 is 0 Å². The Morgan fingerprint density at radius 3 is 1.29 bits per heavy atom. The lowest BCUT2D eigenvalue weighted by molar-refractivity contribution is 0.827. The van der Waals surface area contributed by atoms with Crippen molar-refractivity contribution < 1.29 is 0 Å². The molecule has 0 saturated carbocycles. The van der Waals surface area contributed by atoms with Crippen molar-refractivity contribution in [2.24, 2.45) is 11.8 Å². The van der Waals surface area contributed by atoms with E-state index in [1.165, 1.54) is 0 Å². The molecule has 0 heteroatoms. The predicted molar refractivity (Wildman–Crippen MR) is 66.3 cm³/mol. The molecule has 0 fully saturated rings. The van der Waals surface area contributed by atoms with Gasteiger partial charge in [0.15, 0.2) is 0 Å². The number of rotatable bonds is 6. The summed E-state index contributed by atoms with van der Waals surface area (Å²) in [5.74, 6) is 1.34. The van der Waals surface area contributed by atoms with Gasteiger partial charge < -0.3 is 0 Å². The van der Waals surface area contributed by atoms with Gasteiger partial charge in [0.25, 0.3) is 0 Å². The van der Waals surface area contributed by atoms with Crippen molar-refractivity contribution in [3.8, 4) is 0 Å². The van der Waals surface area contributed by atoms with Crippen LogP contribution in [-0.2, 0) is 0 Å². The molecule has 0 atom stereocenters. The van der Waals surface area contributed by atoms with Gasteiger partial charge in [-0.2, -0.15) is 0 Å². The van der Waals surface area contributed by atoms with Crippen LogP contribution in [0.2, 0.25) is 0 Å². The topological polar surface area (TPSA) is 0 Å².